The van der Waals surface area contributed by atoms with Gasteiger partial charge in [0.2, 0.25) is 0 Å². The van der Waals surface area contributed by atoms with Crippen LogP contribution in [0.4, 0.5) is 17.2 Å². The summed E-state index contributed by atoms with van der Waals surface area (Å²) in [5, 5.41) is 13.5. The van der Waals surface area contributed by atoms with Gasteiger partial charge in [-0.15, -0.1) is 0 Å². The van der Waals surface area contributed by atoms with Gasteiger partial charge >= 0.3 is 5.97 Å². The number of halogens is 2. The first-order chi connectivity index (χ1) is 13.0. The Kier molecular flexibility index (Phi) is 4.64. The van der Waals surface area contributed by atoms with Gasteiger partial charge in [-0.3, -0.25) is 0 Å². The zero-order chi connectivity index (χ0) is 19.0. The average Bonchev–Trinajstić information content (AvgIpc) is 3.07. The Morgan fingerprint density at radius 2 is 1.85 bits per heavy atom. The van der Waals surface area contributed by atoms with Crippen LogP contribution in [-0.4, -0.2) is 16.1 Å². The van der Waals surface area contributed by atoms with E-state index >= 15 is 0 Å². The highest BCUT2D eigenvalue weighted by Gasteiger charge is 2.20. The summed E-state index contributed by atoms with van der Waals surface area (Å²) < 4.78 is 0. The molecule has 1 aromatic heterocycles. The van der Waals surface area contributed by atoms with E-state index in [2.05, 4.69) is 15.2 Å². The van der Waals surface area contributed by atoms with E-state index in [0.717, 1.165) is 24.5 Å². The fourth-order valence-electron chi connectivity index (χ4n) is 3.15. The molecule has 0 unspecified atom stereocenters. The number of anilines is 3. The first kappa shape index (κ1) is 17.6. The lowest BCUT2D eigenvalue weighted by Crippen LogP contribution is -2.14. The second-order valence-corrected chi connectivity index (χ2v) is 7.08. The molecular weight excluding hydrogens is 385 g/mol. The number of fused-ring (bicyclic) bond motifs is 1. The van der Waals surface area contributed by atoms with Crippen molar-refractivity contribution in [1.29, 1.82) is 0 Å². The van der Waals surface area contributed by atoms with E-state index in [1.54, 1.807) is 18.3 Å². The molecule has 0 atom stereocenters. The topological polar surface area (TPSA) is 65.5 Å². The Hall–Kier alpha value is -2.76. The number of pyridine rings is 1. The smallest absolute Gasteiger partial charge is 0.339 e. The number of carboxylic acid groups (broad SMARTS) is 1. The van der Waals surface area contributed by atoms with E-state index in [9.17, 15) is 9.90 Å². The molecule has 0 fully saturated rings. The van der Waals surface area contributed by atoms with Crippen LogP contribution in [-0.2, 0) is 13.1 Å². The SMILES string of the molecule is O=C(O)c1cccnc1Nc1ccc2c(c1)CN(c1ccc(Cl)c(Cl)c1)C2. The number of carbonyl (C=O) groups is 1. The van der Waals surface area contributed by atoms with Crippen LogP contribution in [0, 0.1) is 0 Å². The average molecular weight is 400 g/mol. The molecule has 0 saturated heterocycles. The van der Waals surface area contributed by atoms with Crippen LogP contribution in [0.1, 0.15) is 21.5 Å². The summed E-state index contributed by atoms with van der Waals surface area (Å²) in [4.78, 5) is 17.7. The van der Waals surface area contributed by atoms with E-state index in [4.69, 9.17) is 23.2 Å². The second kappa shape index (κ2) is 7.10. The maximum atomic E-state index is 11.3. The van der Waals surface area contributed by atoms with Gasteiger partial charge in [-0.25, -0.2) is 9.78 Å². The Morgan fingerprint density at radius 1 is 1.04 bits per heavy atom. The fraction of sp³-hybridized carbons (Fsp3) is 0.100. The van der Waals surface area contributed by atoms with Crippen molar-refractivity contribution in [3.8, 4) is 0 Å². The minimum absolute atomic E-state index is 0.135. The third-order valence-electron chi connectivity index (χ3n) is 4.50. The van der Waals surface area contributed by atoms with Gasteiger partial charge in [0.1, 0.15) is 11.4 Å². The van der Waals surface area contributed by atoms with E-state index in [0.29, 0.717) is 15.9 Å². The van der Waals surface area contributed by atoms with Crippen molar-refractivity contribution in [3.63, 3.8) is 0 Å². The van der Waals surface area contributed by atoms with Crippen molar-refractivity contribution in [3.05, 3.63) is 81.5 Å². The quantitative estimate of drug-likeness (QED) is 0.618. The van der Waals surface area contributed by atoms with Gasteiger partial charge in [0, 0.05) is 30.7 Å². The van der Waals surface area contributed by atoms with Crippen molar-refractivity contribution >= 4 is 46.4 Å². The molecule has 3 aromatic rings. The van der Waals surface area contributed by atoms with Gasteiger partial charge in [-0.1, -0.05) is 29.3 Å². The minimum atomic E-state index is -1.02. The monoisotopic (exact) mass is 399 g/mol. The van der Waals surface area contributed by atoms with Gasteiger partial charge in [0.15, 0.2) is 0 Å². The van der Waals surface area contributed by atoms with Crippen LogP contribution in [0.3, 0.4) is 0 Å². The van der Waals surface area contributed by atoms with E-state index in [1.807, 2.05) is 30.3 Å². The largest absolute Gasteiger partial charge is 0.478 e. The standard InChI is InChI=1S/C20H15Cl2N3O2/c21-17-6-5-15(9-18(17)22)25-10-12-3-4-14(8-13(12)11-25)24-19-16(20(26)27)2-1-7-23-19/h1-9H,10-11H2,(H,23,24)(H,26,27). The van der Waals surface area contributed by atoms with Crippen LogP contribution in [0.2, 0.25) is 10.0 Å². The normalized spacial score (nSPS) is 12.7. The number of aromatic carboxylic acids is 1. The molecule has 4 rings (SSSR count). The summed E-state index contributed by atoms with van der Waals surface area (Å²) >= 11 is 12.1. The third-order valence-corrected chi connectivity index (χ3v) is 5.24. The maximum Gasteiger partial charge on any atom is 0.339 e. The zero-order valence-electron chi connectivity index (χ0n) is 14.1. The van der Waals surface area contributed by atoms with Crippen LogP contribution >= 0.6 is 23.2 Å². The molecule has 2 heterocycles. The number of benzene rings is 2. The molecule has 0 aliphatic carbocycles. The van der Waals surface area contributed by atoms with Crippen LogP contribution < -0.4 is 10.2 Å². The lowest BCUT2D eigenvalue weighted by Gasteiger charge is -2.18. The Labute approximate surface area is 166 Å². The van der Waals surface area contributed by atoms with Gasteiger partial charge in [-0.05, 0) is 53.6 Å². The van der Waals surface area contributed by atoms with E-state index < -0.39 is 5.97 Å². The van der Waals surface area contributed by atoms with E-state index in [-0.39, 0.29) is 5.56 Å². The number of aromatic nitrogens is 1. The molecule has 0 radical (unpaired) electrons. The molecule has 7 heteroatoms. The highest BCUT2D eigenvalue weighted by molar-refractivity contribution is 6.42. The predicted molar refractivity (Wildman–Crippen MR) is 107 cm³/mol. The summed E-state index contributed by atoms with van der Waals surface area (Å²) in [5.41, 5.74) is 4.32. The second-order valence-electron chi connectivity index (χ2n) is 6.27. The van der Waals surface area contributed by atoms with E-state index in [1.165, 1.54) is 17.2 Å². The molecule has 2 aromatic carbocycles. The lowest BCUT2D eigenvalue weighted by atomic mass is 10.1. The van der Waals surface area contributed by atoms with Gasteiger partial charge in [0.05, 0.1) is 10.0 Å². The molecule has 2 N–H and O–H groups in total. The molecule has 0 amide bonds. The minimum Gasteiger partial charge on any atom is -0.478 e. The van der Waals surface area contributed by atoms with Gasteiger partial charge in [0.25, 0.3) is 0 Å². The Bertz CT molecular complexity index is 1040. The molecule has 0 spiro atoms. The molecular formula is C20H15Cl2N3O2. The van der Waals surface area contributed by atoms with Gasteiger partial charge in [-0.2, -0.15) is 0 Å². The highest BCUT2D eigenvalue weighted by Crippen LogP contribution is 2.34. The Balaban J connectivity index is 1.57. The van der Waals surface area contributed by atoms with Gasteiger partial charge < -0.3 is 15.3 Å². The molecule has 0 saturated carbocycles. The number of nitrogens with zero attached hydrogens (tertiary/aromatic N) is 2. The van der Waals surface area contributed by atoms with Crippen molar-refractivity contribution in [2.45, 2.75) is 13.1 Å². The molecule has 1 aliphatic heterocycles. The number of hydrogen-bond acceptors (Lipinski definition) is 4. The molecule has 136 valence electrons. The Morgan fingerprint density at radius 3 is 2.63 bits per heavy atom. The summed E-state index contributed by atoms with van der Waals surface area (Å²) in [6.07, 6.45) is 1.56. The van der Waals surface area contributed by atoms with Crippen molar-refractivity contribution < 1.29 is 9.90 Å². The van der Waals surface area contributed by atoms with Crippen molar-refractivity contribution in [2.75, 3.05) is 10.2 Å². The summed E-state index contributed by atoms with van der Waals surface area (Å²) in [5.74, 6) is -0.693. The van der Waals surface area contributed by atoms with Crippen molar-refractivity contribution in [2.24, 2.45) is 0 Å². The van der Waals surface area contributed by atoms with Crippen molar-refractivity contribution in [1.82, 2.24) is 4.98 Å². The molecule has 27 heavy (non-hydrogen) atoms. The number of carboxylic acids is 1. The maximum absolute atomic E-state index is 11.3. The van der Waals surface area contributed by atoms with Crippen LogP contribution in [0.15, 0.2) is 54.7 Å². The summed E-state index contributed by atoms with van der Waals surface area (Å²) in [6.45, 7) is 1.51. The lowest BCUT2D eigenvalue weighted by molar-refractivity contribution is 0.0697. The summed E-state index contributed by atoms with van der Waals surface area (Å²) in [6, 6.07) is 14.7. The number of hydrogen-bond donors (Lipinski definition) is 2. The highest BCUT2D eigenvalue weighted by atomic mass is 35.5. The summed E-state index contributed by atoms with van der Waals surface area (Å²) in [7, 11) is 0. The zero-order valence-corrected chi connectivity index (χ0v) is 15.6. The molecule has 5 nitrogen and oxygen atoms in total. The predicted octanol–water partition coefficient (Wildman–Crippen LogP) is 5.35. The third kappa shape index (κ3) is 3.56. The van der Waals surface area contributed by atoms with Crippen LogP contribution in [0.5, 0.6) is 0 Å². The first-order valence-electron chi connectivity index (χ1n) is 8.28. The molecule has 0 bridgehead atoms. The molecule has 1 aliphatic rings. The fourth-order valence-corrected chi connectivity index (χ4v) is 3.44. The van der Waals surface area contributed by atoms with Crippen LogP contribution in [0.25, 0.3) is 0 Å². The number of nitrogens with one attached hydrogen (secondary N) is 1. The number of rotatable bonds is 4. The first-order valence-corrected chi connectivity index (χ1v) is 9.04.